The van der Waals surface area contributed by atoms with Crippen LogP contribution in [-0.2, 0) is 0 Å². The Balaban J connectivity index is 1.72. The summed E-state index contributed by atoms with van der Waals surface area (Å²) in [6.07, 6.45) is 4.75. The third kappa shape index (κ3) is 2.23. The largest absolute Gasteiger partial charge is 0.507 e. The minimum atomic E-state index is -0.337. The molecule has 2 saturated carbocycles. The Labute approximate surface area is 112 Å². The first-order valence-electron chi connectivity index (χ1n) is 6.80. The summed E-state index contributed by atoms with van der Waals surface area (Å²) in [5.74, 6) is 1.04. The lowest BCUT2D eigenvalue weighted by Crippen LogP contribution is -2.22. The van der Waals surface area contributed by atoms with Gasteiger partial charge >= 0.3 is 0 Å². The fourth-order valence-corrected chi connectivity index (χ4v) is 3.19. The number of rotatable bonds is 2. The summed E-state index contributed by atoms with van der Waals surface area (Å²) in [7, 11) is 0. The van der Waals surface area contributed by atoms with Crippen molar-refractivity contribution in [1.82, 2.24) is 5.43 Å². The number of hydrogen-bond acceptors (Lipinski definition) is 3. The number of nitrogens with zero attached hydrogens (tertiary/aromatic N) is 1. The normalized spacial score (nSPS) is 26.9. The number of aryl methyl sites for hydroxylation is 1. The second-order valence-electron chi connectivity index (χ2n) is 5.60. The highest BCUT2D eigenvalue weighted by atomic mass is 16.3. The van der Waals surface area contributed by atoms with Crippen molar-refractivity contribution in [3.05, 3.63) is 29.3 Å². The van der Waals surface area contributed by atoms with E-state index >= 15 is 0 Å². The van der Waals surface area contributed by atoms with Crippen LogP contribution in [0.4, 0.5) is 0 Å². The topological polar surface area (TPSA) is 61.7 Å². The number of phenols is 1. The fourth-order valence-electron chi connectivity index (χ4n) is 3.19. The van der Waals surface area contributed by atoms with E-state index in [2.05, 4.69) is 10.5 Å². The van der Waals surface area contributed by atoms with Crippen LogP contribution in [0.1, 0.15) is 41.6 Å². The van der Waals surface area contributed by atoms with Crippen LogP contribution in [0.5, 0.6) is 5.75 Å². The van der Waals surface area contributed by atoms with Crippen LogP contribution in [0.2, 0.25) is 0 Å². The van der Waals surface area contributed by atoms with Crippen LogP contribution in [0.3, 0.4) is 0 Å². The summed E-state index contributed by atoms with van der Waals surface area (Å²) in [6.45, 7) is 1.77. The molecule has 0 radical (unpaired) electrons. The summed E-state index contributed by atoms with van der Waals surface area (Å²) in [4.78, 5) is 12.0. The van der Waals surface area contributed by atoms with Crippen molar-refractivity contribution in [2.24, 2.45) is 16.9 Å². The van der Waals surface area contributed by atoms with Crippen LogP contribution in [-0.4, -0.2) is 16.7 Å². The number of phenolic OH excluding ortho intramolecular Hbond substituents is 1. The van der Waals surface area contributed by atoms with Gasteiger partial charge in [-0.2, -0.15) is 5.10 Å². The highest BCUT2D eigenvalue weighted by Gasteiger charge is 2.36. The predicted octanol–water partition coefficient (Wildman–Crippen LogP) is 2.61. The summed E-state index contributed by atoms with van der Waals surface area (Å²) in [6, 6.07) is 5.14. The molecule has 4 heteroatoms. The first-order chi connectivity index (χ1) is 9.15. The van der Waals surface area contributed by atoms with Crippen LogP contribution < -0.4 is 5.43 Å². The molecule has 19 heavy (non-hydrogen) atoms. The van der Waals surface area contributed by atoms with E-state index in [4.69, 9.17) is 0 Å². The number of para-hydroxylation sites is 1. The lowest BCUT2D eigenvalue weighted by molar-refractivity contribution is 0.0951. The van der Waals surface area contributed by atoms with Gasteiger partial charge < -0.3 is 5.11 Å². The molecule has 2 N–H and O–H groups in total. The first kappa shape index (κ1) is 12.2. The van der Waals surface area contributed by atoms with Gasteiger partial charge in [0.2, 0.25) is 0 Å². The van der Waals surface area contributed by atoms with E-state index in [1.165, 1.54) is 19.3 Å². The van der Waals surface area contributed by atoms with Crippen molar-refractivity contribution in [3.8, 4) is 5.75 Å². The van der Waals surface area contributed by atoms with Gasteiger partial charge in [0.15, 0.2) is 0 Å². The number of benzene rings is 1. The van der Waals surface area contributed by atoms with E-state index in [-0.39, 0.29) is 17.2 Å². The predicted molar refractivity (Wildman–Crippen MR) is 73.2 cm³/mol. The number of carbonyl (C=O) groups is 1. The molecule has 1 aromatic rings. The number of fused-ring (bicyclic) bond motifs is 2. The van der Waals surface area contributed by atoms with Gasteiger partial charge in [-0.1, -0.05) is 12.1 Å². The van der Waals surface area contributed by atoms with Gasteiger partial charge in [-0.25, -0.2) is 5.43 Å². The van der Waals surface area contributed by atoms with E-state index in [9.17, 15) is 9.90 Å². The number of nitrogens with one attached hydrogen (secondary N) is 1. The van der Waals surface area contributed by atoms with E-state index in [1.807, 2.05) is 0 Å². The first-order valence-corrected chi connectivity index (χ1v) is 6.80. The van der Waals surface area contributed by atoms with Crippen LogP contribution in [0.25, 0.3) is 0 Å². The molecule has 3 rings (SSSR count). The molecule has 2 aliphatic carbocycles. The molecule has 2 aliphatic rings. The quantitative estimate of drug-likeness (QED) is 0.801. The molecule has 100 valence electrons. The molecule has 4 nitrogen and oxygen atoms in total. The van der Waals surface area contributed by atoms with E-state index in [1.54, 1.807) is 25.1 Å². The zero-order valence-electron chi connectivity index (χ0n) is 11.0. The maximum Gasteiger partial charge on any atom is 0.275 e. The lowest BCUT2D eigenvalue weighted by atomic mass is 9.99. The van der Waals surface area contributed by atoms with Gasteiger partial charge in [0, 0.05) is 5.71 Å². The molecule has 0 heterocycles. The van der Waals surface area contributed by atoms with Gasteiger partial charge in [0.25, 0.3) is 5.91 Å². The van der Waals surface area contributed by atoms with Crippen molar-refractivity contribution in [2.75, 3.05) is 0 Å². The summed E-state index contributed by atoms with van der Waals surface area (Å²) in [5.41, 5.74) is 4.68. The average molecular weight is 258 g/mol. The lowest BCUT2D eigenvalue weighted by Gasteiger charge is -2.12. The van der Waals surface area contributed by atoms with Crippen molar-refractivity contribution >= 4 is 11.6 Å². The molecular formula is C15H18N2O2. The number of carbonyl (C=O) groups excluding carboxylic acids is 1. The Morgan fingerprint density at radius 2 is 2.26 bits per heavy atom. The van der Waals surface area contributed by atoms with Crippen LogP contribution in [0, 0.1) is 18.8 Å². The molecule has 1 aromatic carbocycles. The Kier molecular flexibility index (Phi) is 3.01. The maximum absolute atomic E-state index is 12.0. The minimum absolute atomic E-state index is 0.0353. The zero-order valence-corrected chi connectivity index (χ0v) is 11.0. The zero-order chi connectivity index (χ0) is 13.4. The standard InChI is InChI=1S/C15H18N2O2/c1-9-3-2-4-12(14(9)18)15(19)17-16-13-8-10-5-6-11(13)7-10/h2-4,10-11,18H,5-8H2,1H3,(H,17,19)/b16-13+/t10-,11-/m0/s1. The highest BCUT2D eigenvalue weighted by molar-refractivity contribution is 5.98. The smallest absolute Gasteiger partial charge is 0.275 e. The molecule has 0 aliphatic heterocycles. The third-order valence-electron chi connectivity index (χ3n) is 4.29. The molecule has 1 amide bonds. The van der Waals surface area contributed by atoms with Crippen LogP contribution in [0.15, 0.2) is 23.3 Å². The Morgan fingerprint density at radius 1 is 1.42 bits per heavy atom. The number of hydrogen-bond donors (Lipinski definition) is 2. The molecule has 2 fully saturated rings. The van der Waals surface area contributed by atoms with E-state index < -0.39 is 0 Å². The van der Waals surface area contributed by atoms with Crippen molar-refractivity contribution < 1.29 is 9.90 Å². The second-order valence-corrected chi connectivity index (χ2v) is 5.60. The SMILES string of the molecule is Cc1cccc(C(=O)N/N=C2\C[C@H]3CC[C@H]2C3)c1O. The molecule has 0 unspecified atom stereocenters. The van der Waals surface area contributed by atoms with E-state index in [0.29, 0.717) is 11.5 Å². The monoisotopic (exact) mass is 258 g/mol. The molecular weight excluding hydrogens is 240 g/mol. The average Bonchev–Trinajstić information content (AvgIpc) is 3.01. The van der Waals surface area contributed by atoms with Crippen molar-refractivity contribution in [3.63, 3.8) is 0 Å². The van der Waals surface area contributed by atoms with Gasteiger partial charge in [-0.3, -0.25) is 4.79 Å². The van der Waals surface area contributed by atoms with Gasteiger partial charge in [0.1, 0.15) is 5.75 Å². The Bertz CT molecular complexity index is 551. The molecule has 0 spiro atoms. The fraction of sp³-hybridized carbons (Fsp3) is 0.467. The Hall–Kier alpha value is -1.84. The van der Waals surface area contributed by atoms with Gasteiger partial charge in [-0.05, 0) is 56.1 Å². The van der Waals surface area contributed by atoms with Gasteiger partial charge in [0.05, 0.1) is 5.56 Å². The Morgan fingerprint density at radius 3 is 2.95 bits per heavy atom. The summed E-state index contributed by atoms with van der Waals surface area (Å²) in [5, 5.41) is 14.1. The molecule has 0 aromatic heterocycles. The van der Waals surface area contributed by atoms with Gasteiger partial charge in [-0.15, -0.1) is 0 Å². The van der Waals surface area contributed by atoms with Crippen LogP contribution >= 0.6 is 0 Å². The van der Waals surface area contributed by atoms with Crippen molar-refractivity contribution in [2.45, 2.75) is 32.6 Å². The maximum atomic E-state index is 12.0. The minimum Gasteiger partial charge on any atom is -0.507 e. The summed E-state index contributed by atoms with van der Waals surface area (Å²) < 4.78 is 0. The summed E-state index contributed by atoms with van der Waals surface area (Å²) >= 11 is 0. The number of hydrazone groups is 1. The van der Waals surface area contributed by atoms with Crippen molar-refractivity contribution in [1.29, 1.82) is 0 Å². The second kappa shape index (κ2) is 4.68. The number of aromatic hydroxyl groups is 1. The third-order valence-corrected chi connectivity index (χ3v) is 4.29. The molecule has 2 bridgehead atoms. The number of amides is 1. The van der Waals surface area contributed by atoms with E-state index in [0.717, 1.165) is 18.1 Å². The molecule has 0 saturated heterocycles. The highest BCUT2D eigenvalue weighted by Crippen LogP contribution is 2.42. The molecule has 2 atom stereocenters.